The van der Waals surface area contributed by atoms with Crippen LogP contribution in [0.1, 0.15) is 46.6 Å². The summed E-state index contributed by atoms with van der Waals surface area (Å²) >= 11 is 0. The molecule has 0 atom stereocenters. The molecule has 114 valence electrons. The van der Waals surface area contributed by atoms with E-state index in [1.165, 1.54) is 0 Å². The minimum Gasteiger partial charge on any atom is -0.312 e. The molecule has 1 aromatic carbocycles. The first-order valence-electron chi connectivity index (χ1n) is 6.89. The van der Waals surface area contributed by atoms with Gasteiger partial charge < -0.3 is 5.32 Å². The normalized spacial score (nSPS) is 12.8. The molecular formula is C16H24F3N. The molecule has 0 saturated heterocycles. The van der Waals surface area contributed by atoms with E-state index < -0.39 is 17.5 Å². The smallest absolute Gasteiger partial charge is 0.132 e. The quantitative estimate of drug-likeness (QED) is 0.843. The van der Waals surface area contributed by atoms with Crippen LogP contribution in [0.2, 0.25) is 0 Å². The van der Waals surface area contributed by atoms with Gasteiger partial charge in [-0.15, -0.1) is 0 Å². The summed E-state index contributed by atoms with van der Waals surface area (Å²) in [5, 5.41) is 3.39. The molecule has 0 amide bonds. The predicted molar refractivity (Wildman–Crippen MR) is 76.2 cm³/mol. The lowest BCUT2D eigenvalue weighted by Crippen LogP contribution is -2.42. The number of hydrogen-bond donors (Lipinski definition) is 1. The van der Waals surface area contributed by atoms with Crippen LogP contribution in [-0.2, 0) is 6.42 Å². The second-order valence-corrected chi connectivity index (χ2v) is 7.12. The minimum atomic E-state index is -0.877. The fraction of sp³-hybridized carbons (Fsp3) is 0.625. The van der Waals surface area contributed by atoms with Crippen LogP contribution >= 0.6 is 0 Å². The zero-order valence-corrected chi connectivity index (χ0v) is 12.9. The number of benzene rings is 1. The maximum Gasteiger partial charge on any atom is 0.132 e. The maximum atomic E-state index is 13.6. The zero-order valence-electron chi connectivity index (χ0n) is 12.9. The summed E-state index contributed by atoms with van der Waals surface area (Å²) in [5.41, 5.74) is -0.125. The topological polar surface area (TPSA) is 12.0 Å². The molecule has 0 spiro atoms. The van der Waals surface area contributed by atoms with Gasteiger partial charge in [0.25, 0.3) is 0 Å². The van der Waals surface area contributed by atoms with Crippen LogP contribution in [0, 0.1) is 22.9 Å². The van der Waals surface area contributed by atoms with Gasteiger partial charge in [-0.25, -0.2) is 13.2 Å². The highest BCUT2D eigenvalue weighted by molar-refractivity contribution is 5.21. The third-order valence-corrected chi connectivity index (χ3v) is 3.25. The average Bonchev–Trinajstić information content (AvgIpc) is 2.24. The van der Waals surface area contributed by atoms with Crippen LogP contribution in [0.4, 0.5) is 13.2 Å². The molecule has 0 heterocycles. The van der Waals surface area contributed by atoms with Crippen LogP contribution in [-0.4, -0.2) is 12.1 Å². The van der Waals surface area contributed by atoms with Gasteiger partial charge in [-0.1, -0.05) is 13.8 Å². The molecule has 0 unspecified atom stereocenters. The largest absolute Gasteiger partial charge is 0.312 e. The second-order valence-electron chi connectivity index (χ2n) is 7.12. The highest BCUT2D eigenvalue weighted by atomic mass is 19.1. The Hall–Kier alpha value is -1.03. The van der Waals surface area contributed by atoms with Gasteiger partial charge in [-0.05, 0) is 39.0 Å². The Labute approximate surface area is 119 Å². The van der Waals surface area contributed by atoms with Crippen molar-refractivity contribution >= 4 is 0 Å². The van der Waals surface area contributed by atoms with Crippen molar-refractivity contribution in [2.75, 3.05) is 6.54 Å². The SMILES string of the molecule is CC(C)(CCc1c(F)cc(F)cc1F)CNC(C)(C)C. The van der Waals surface area contributed by atoms with Crippen molar-refractivity contribution in [3.63, 3.8) is 0 Å². The van der Waals surface area contributed by atoms with Crippen molar-refractivity contribution in [1.29, 1.82) is 0 Å². The Morgan fingerprint density at radius 2 is 1.45 bits per heavy atom. The number of rotatable bonds is 5. The molecule has 1 N–H and O–H groups in total. The van der Waals surface area contributed by atoms with Crippen molar-refractivity contribution in [3.8, 4) is 0 Å². The van der Waals surface area contributed by atoms with Gasteiger partial charge in [0.15, 0.2) is 0 Å². The van der Waals surface area contributed by atoms with Gasteiger partial charge >= 0.3 is 0 Å². The van der Waals surface area contributed by atoms with Crippen molar-refractivity contribution in [2.24, 2.45) is 5.41 Å². The van der Waals surface area contributed by atoms with Crippen LogP contribution in [0.25, 0.3) is 0 Å². The van der Waals surface area contributed by atoms with Gasteiger partial charge in [-0.2, -0.15) is 0 Å². The highest BCUT2D eigenvalue weighted by Gasteiger charge is 2.22. The van der Waals surface area contributed by atoms with E-state index in [2.05, 4.69) is 26.1 Å². The fourth-order valence-electron chi connectivity index (χ4n) is 1.87. The molecule has 0 aliphatic carbocycles. The van der Waals surface area contributed by atoms with E-state index in [1.54, 1.807) is 0 Å². The molecule has 0 aliphatic heterocycles. The molecular weight excluding hydrogens is 263 g/mol. The fourth-order valence-corrected chi connectivity index (χ4v) is 1.87. The Balaban J connectivity index is 2.67. The number of halogens is 3. The Morgan fingerprint density at radius 1 is 0.950 bits per heavy atom. The van der Waals surface area contributed by atoms with E-state index in [0.717, 1.165) is 18.7 Å². The standard InChI is InChI=1S/C16H24F3N/c1-15(2,3)20-10-16(4,5)7-6-12-13(18)8-11(17)9-14(12)19/h8-9,20H,6-7,10H2,1-5H3. The molecule has 0 saturated carbocycles. The molecule has 1 aromatic rings. The summed E-state index contributed by atoms with van der Waals surface area (Å²) in [6.45, 7) is 11.1. The molecule has 1 rings (SSSR count). The first-order valence-corrected chi connectivity index (χ1v) is 6.89. The average molecular weight is 287 g/mol. The molecule has 0 bridgehead atoms. The van der Waals surface area contributed by atoms with Crippen molar-refractivity contribution < 1.29 is 13.2 Å². The monoisotopic (exact) mass is 287 g/mol. The summed E-state index contributed by atoms with van der Waals surface area (Å²) in [7, 11) is 0. The lowest BCUT2D eigenvalue weighted by Gasteiger charge is -2.30. The Kier molecular flexibility index (Phi) is 5.25. The van der Waals surface area contributed by atoms with Gasteiger partial charge in [0.2, 0.25) is 0 Å². The molecule has 0 aromatic heterocycles. The number of nitrogens with one attached hydrogen (secondary N) is 1. The Morgan fingerprint density at radius 3 is 1.90 bits per heavy atom. The molecule has 20 heavy (non-hydrogen) atoms. The second kappa shape index (κ2) is 6.17. The third kappa shape index (κ3) is 5.53. The van der Waals surface area contributed by atoms with E-state index >= 15 is 0 Å². The van der Waals surface area contributed by atoms with Gasteiger partial charge in [0.1, 0.15) is 17.5 Å². The van der Waals surface area contributed by atoms with Crippen molar-refractivity contribution in [3.05, 3.63) is 35.1 Å². The first-order chi connectivity index (χ1) is 9.00. The molecule has 0 radical (unpaired) electrons. The van der Waals surface area contributed by atoms with Crippen LogP contribution in [0.3, 0.4) is 0 Å². The summed E-state index contributed by atoms with van der Waals surface area (Å²) in [4.78, 5) is 0. The summed E-state index contributed by atoms with van der Waals surface area (Å²) in [5.74, 6) is -2.48. The lowest BCUT2D eigenvalue weighted by atomic mass is 9.85. The van der Waals surface area contributed by atoms with Crippen molar-refractivity contribution in [1.82, 2.24) is 5.32 Å². The van der Waals surface area contributed by atoms with E-state index in [-0.39, 0.29) is 22.9 Å². The molecule has 0 fully saturated rings. The van der Waals surface area contributed by atoms with Gasteiger partial charge in [0.05, 0.1) is 0 Å². The maximum absolute atomic E-state index is 13.6. The lowest BCUT2D eigenvalue weighted by molar-refractivity contribution is 0.271. The van der Waals surface area contributed by atoms with Crippen LogP contribution in [0.5, 0.6) is 0 Å². The van der Waals surface area contributed by atoms with E-state index in [1.807, 2.05) is 13.8 Å². The third-order valence-electron chi connectivity index (χ3n) is 3.25. The van der Waals surface area contributed by atoms with E-state index in [4.69, 9.17) is 0 Å². The van der Waals surface area contributed by atoms with Crippen LogP contribution < -0.4 is 5.32 Å². The van der Waals surface area contributed by atoms with Gasteiger partial charge in [0, 0.05) is 29.8 Å². The highest BCUT2D eigenvalue weighted by Crippen LogP contribution is 2.25. The first kappa shape index (κ1) is 17.0. The summed E-state index contributed by atoms with van der Waals surface area (Å²) in [6.07, 6.45) is 0.881. The molecule has 0 aliphatic rings. The van der Waals surface area contributed by atoms with E-state index in [0.29, 0.717) is 6.42 Å². The summed E-state index contributed by atoms with van der Waals surface area (Å²) < 4.78 is 40.0. The van der Waals surface area contributed by atoms with Gasteiger partial charge in [-0.3, -0.25) is 0 Å². The predicted octanol–water partition coefficient (Wildman–Crippen LogP) is 4.45. The summed E-state index contributed by atoms with van der Waals surface area (Å²) in [6, 6.07) is 1.47. The van der Waals surface area contributed by atoms with Crippen molar-refractivity contribution in [2.45, 2.75) is 53.0 Å². The zero-order chi connectivity index (χ0) is 15.6. The Bertz CT molecular complexity index is 438. The molecule has 4 heteroatoms. The van der Waals surface area contributed by atoms with E-state index in [9.17, 15) is 13.2 Å². The minimum absolute atomic E-state index is 0.00362. The number of hydrogen-bond acceptors (Lipinski definition) is 1. The molecule has 1 nitrogen and oxygen atoms in total. The van der Waals surface area contributed by atoms with Crippen LogP contribution in [0.15, 0.2) is 12.1 Å².